The maximum absolute atomic E-state index is 12.2. The minimum atomic E-state index is -0.00953. The Morgan fingerprint density at radius 3 is 2.55 bits per heavy atom. The topological polar surface area (TPSA) is 64.3 Å². The van der Waals surface area contributed by atoms with Gasteiger partial charge in [-0.3, -0.25) is 4.79 Å². The molecule has 0 saturated heterocycles. The summed E-state index contributed by atoms with van der Waals surface area (Å²) >= 11 is 0. The molecule has 1 N–H and O–H groups in total. The lowest BCUT2D eigenvalue weighted by molar-refractivity contribution is 0.0970. The van der Waals surface area contributed by atoms with Gasteiger partial charge in [-0.2, -0.15) is 0 Å². The van der Waals surface area contributed by atoms with Gasteiger partial charge in [-0.15, -0.1) is 0 Å². The van der Waals surface area contributed by atoms with Crippen LogP contribution in [0.5, 0.6) is 11.5 Å². The summed E-state index contributed by atoms with van der Waals surface area (Å²) in [6, 6.07) is 8.53. The lowest BCUT2D eigenvalue weighted by Crippen LogP contribution is -2.16. The Bertz CT molecular complexity index is 686. The Morgan fingerprint density at radius 2 is 1.80 bits per heavy atom. The molecule has 0 spiro atoms. The molecule has 0 amide bonds. The van der Waals surface area contributed by atoms with E-state index in [0.717, 1.165) is 0 Å². The number of carbonyl (C=O) groups is 1. The number of benzene rings is 1. The first-order valence-corrected chi connectivity index (χ1v) is 6.36. The molecule has 0 saturated carbocycles. The van der Waals surface area contributed by atoms with Crippen molar-refractivity contribution in [1.82, 2.24) is 4.57 Å². The Balaban J connectivity index is 1.80. The molecule has 2 heterocycles. The van der Waals surface area contributed by atoms with Crippen molar-refractivity contribution in [3.05, 3.63) is 53.6 Å². The second kappa shape index (κ2) is 5.21. The molecule has 0 atom stereocenters. The fraction of sp³-hybridized carbons (Fsp3) is 0.200. The number of aromatic nitrogens is 1. The SMILES string of the molecule is N=c1ccn(CC(=O)c2ccc3c(c2)OCCO3)cc1. The number of ketones is 1. The molecule has 2 aromatic rings. The van der Waals surface area contributed by atoms with E-state index >= 15 is 0 Å². The van der Waals surface area contributed by atoms with Crippen LogP contribution in [0.2, 0.25) is 0 Å². The first-order chi connectivity index (χ1) is 9.72. The largest absolute Gasteiger partial charge is 0.486 e. The summed E-state index contributed by atoms with van der Waals surface area (Å²) in [6.45, 7) is 1.28. The molecule has 1 aliphatic heterocycles. The highest BCUT2D eigenvalue weighted by Gasteiger charge is 2.14. The molecule has 0 fully saturated rings. The summed E-state index contributed by atoms with van der Waals surface area (Å²) in [5.41, 5.74) is 0.594. The Morgan fingerprint density at radius 1 is 1.10 bits per heavy atom. The highest BCUT2D eigenvalue weighted by molar-refractivity contribution is 5.96. The normalized spacial score (nSPS) is 13.0. The molecule has 1 aromatic heterocycles. The van der Waals surface area contributed by atoms with Crippen LogP contribution in [-0.4, -0.2) is 23.6 Å². The molecular weight excluding hydrogens is 256 g/mol. The van der Waals surface area contributed by atoms with E-state index in [2.05, 4.69) is 0 Å². The number of nitrogens with zero attached hydrogens (tertiary/aromatic N) is 1. The minimum Gasteiger partial charge on any atom is -0.486 e. The van der Waals surface area contributed by atoms with Crippen LogP contribution in [0, 0.1) is 5.41 Å². The van der Waals surface area contributed by atoms with E-state index in [1.807, 2.05) is 0 Å². The lowest BCUT2D eigenvalue weighted by Gasteiger charge is -2.18. The second-order valence-electron chi connectivity index (χ2n) is 4.54. The molecule has 0 bridgehead atoms. The van der Waals surface area contributed by atoms with Crippen molar-refractivity contribution in [2.24, 2.45) is 0 Å². The zero-order valence-electron chi connectivity index (χ0n) is 10.8. The Labute approximate surface area is 115 Å². The smallest absolute Gasteiger partial charge is 0.182 e. The summed E-state index contributed by atoms with van der Waals surface area (Å²) < 4.78 is 12.6. The van der Waals surface area contributed by atoms with Gasteiger partial charge in [0.15, 0.2) is 17.3 Å². The van der Waals surface area contributed by atoms with Crippen LogP contribution in [0.25, 0.3) is 0 Å². The first-order valence-electron chi connectivity index (χ1n) is 6.36. The van der Waals surface area contributed by atoms with E-state index in [0.29, 0.717) is 35.6 Å². The van der Waals surface area contributed by atoms with Crippen LogP contribution in [0.3, 0.4) is 0 Å². The van der Waals surface area contributed by atoms with Crippen LogP contribution in [-0.2, 0) is 6.54 Å². The highest BCUT2D eigenvalue weighted by Crippen LogP contribution is 2.30. The minimum absolute atomic E-state index is 0.00953. The predicted molar refractivity (Wildman–Crippen MR) is 72.0 cm³/mol. The molecule has 102 valence electrons. The fourth-order valence-electron chi connectivity index (χ4n) is 2.04. The number of carbonyl (C=O) groups excluding carboxylic acids is 1. The van der Waals surface area contributed by atoms with E-state index in [1.165, 1.54) is 0 Å². The van der Waals surface area contributed by atoms with Crippen LogP contribution in [0.1, 0.15) is 10.4 Å². The van der Waals surface area contributed by atoms with E-state index in [9.17, 15) is 4.79 Å². The molecule has 5 heteroatoms. The van der Waals surface area contributed by atoms with Crippen LogP contribution in [0.4, 0.5) is 0 Å². The number of fused-ring (bicyclic) bond motifs is 1. The van der Waals surface area contributed by atoms with E-state index in [4.69, 9.17) is 14.9 Å². The average Bonchev–Trinajstić information content (AvgIpc) is 2.49. The van der Waals surface area contributed by atoms with Crippen molar-refractivity contribution in [1.29, 1.82) is 5.41 Å². The van der Waals surface area contributed by atoms with Crippen LogP contribution >= 0.6 is 0 Å². The molecule has 0 unspecified atom stereocenters. The van der Waals surface area contributed by atoms with Gasteiger partial charge in [0.1, 0.15) is 13.2 Å². The fourth-order valence-corrected chi connectivity index (χ4v) is 2.04. The van der Waals surface area contributed by atoms with Gasteiger partial charge in [0, 0.05) is 18.0 Å². The van der Waals surface area contributed by atoms with E-state index < -0.39 is 0 Å². The third kappa shape index (κ3) is 2.56. The van der Waals surface area contributed by atoms with Gasteiger partial charge >= 0.3 is 0 Å². The van der Waals surface area contributed by atoms with Crippen molar-refractivity contribution in [2.45, 2.75) is 6.54 Å². The van der Waals surface area contributed by atoms with Crippen molar-refractivity contribution in [2.75, 3.05) is 13.2 Å². The van der Waals surface area contributed by atoms with Gasteiger partial charge in [-0.25, -0.2) is 0 Å². The average molecular weight is 270 g/mol. The van der Waals surface area contributed by atoms with Crippen molar-refractivity contribution in [3.63, 3.8) is 0 Å². The molecule has 5 nitrogen and oxygen atoms in total. The molecule has 1 aromatic carbocycles. The highest BCUT2D eigenvalue weighted by atomic mass is 16.6. The Hall–Kier alpha value is -2.56. The van der Waals surface area contributed by atoms with Gasteiger partial charge in [-0.1, -0.05) is 0 Å². The van der Waals surface area contributed by atoms with E-state index in [1.54, 1.807) is 47.3 Å². The standard InChI is InChI=1S/C15H14N2O3/c16-12-3-5-17(6-4-12)10-13(18)11-1-2-14-15(9-11)20-8-7-19-14/h1-6,9,16H,7-8,10H2. The van der Waals surface area contributed by atoms with Crippen molar-refractivity contribution < 1.29 is 14.3 Å². The molecular formula is C15H14N2O3. The quantitative estimate of drug-likeness (QED) is 0.862. The van der Waals surface area contributed by atoms with E-state index in [-0.39, 0.29) is 12.3 Å². The van der Waals surface area contributed by atoms with Crippen molar-refractivity contribution in [3.8, 4) is 11.5 Å². The maximum atomic E-state index is 12.2. The molecule has 1 aliphatic rings. The number of hydrogen-bond donors (Lipinski definition) is 1. The molecule has 0 radical (unpaired) electrons. The third-order valence-electron chi connectivity index (χ3n) is 3.08. The monoisotopic (exact) mass is 270 g/mol. The van der Waals surface area contributed by atoms with Gasteiger partial charge < -0.3 is 19.5 Å². The van der Waals surface area contributed by atoms with Crippen molar-refractivity contribution >= 4 is 5.78 Å². The molecule has 3 rings (SSSR count). The summed E-state index contributed by atoms with van der Waals surface area (Å²) in [5, 5.41) is 7.84. The number of Topliss-reactive ketones (excluding diaryl/α,β-unsaturated/α-hetero) is 1. The van der Waals surface area contributed by atoms with Gasteiger partial charge in [0.2, 0.25) is 0 Å². The number of nitrogens with one attached hydrogen (secondary N) is 1. The number of rotatable bonds is 3. The number of pyridine rings is 1. The lowest BCUT2D eigenvalue weighted by atomic mass is 10.1. The second-order valence-corrected chi connectivity index (χ2v) is 4.54. The van der Waals surface area contributed by atoms with Gasteiger partial charge in [0.25, 0.3) is 0 Å². The summed E-state index contributed by atoms with van der Waals surface area (Å²) in [6.07, 6.45) is 3.44. The van der Waals surface area contributed by atoms with Gasteiger partial charge in [-0.05, 0) is 30.3 Å². The third-order valence-corrected chi connectivity index (χ3v) is 3.08. The van der Waals surface area contributed by atoms with Gasteiger partial charge in [0.05, 0.1) is 11.9 Å². The zero-order valence-corrected chi connectivity index (χ0v) is 10.8. The predicted octanol–water partition coefficient (Wildman–Crippen LogP) is 1.62. The zero-order chi connectivity index (χ0) is 13.9. The summed E-state index contributed by atoms with van der Waals surface area (Å²) in [4.78, 5) is 12.2. The molecule has 20 heavy (non-hydrogen) atoms. The molecule has 0 aliphatic carbocycles. The number of ether oxygens (including phenoxy) is 2. The maximum Gasteiger partial charge on any atom is 0.182 e. The number of hydrogen-bond acceptors (Lipinski definition) is 4. The Kier molecular flexibility index (Phi) is 3.25. The first kappa shape index (κ1) is 12.5. The summed E-state index contributed by atoms with van der Waals surface area (Å²) in [5.74, 6) is 1.29. The van der Waals surface area contributed by atoms with Crippen LogP contribution < -0.4 is 14.8 Å². The van der Waals surface area contributed by atoms with Crippen LogP contribution in [0.15, 0.2) is 42.7 Å². The summed E-state index contributed by atoms with van der Waals surface area (Å²) in [7, 11) is 0.